The third kappa shape index (κ3) is 5.00. The van der Waals surface area contributed by atoms with Gasteiger partial charge in [-0.25, -0.2) is 0 Å². The van der Waals surface area contributed by atoms with Gasteiger partial charge in [0.15, 0.2) is 0 Å². The smallest absolute Gasteiger partial charge is 0.226 e. The first-order chi connectivity index (χ1) is 10.2. The van der Waals surface area contributed by atoms with Gasteiger partial charge < -0.3 is 15.4 Å². The van der Waals surface area contributed by atoms with Crippen molar-refractivity contribution in [3.05, 3.63) is 53.6 Å². The molecule has 110 valence electrons. The zero-order valence-corrected chi connectivity index (χ0v) is 12.5. The molecule has 0 saturated carbocycles. The molecular weight excluding hydrogens is 288 g/mol. The summed E-state index contributed by atoms with van der Waals surface area (Å²) < 4.78 is 5.06. The minimum atomic E-state index is -0.0402. The van der Waals surface area contributed by atoms with Crippen LogP contribution in [0.3, 0.4) is 0 Å². The van der Waals surface area contributed by atoms with Crippen LogP contribution in [-0.4, -0.2) is 19.6 Å². The van der Waals surface area contributed by atoms with Gasteiger partial charge >= 0.3 is 0 Å². The highest BCUT2D eigenvalue weighted by atomic mass is 35.5. The van der Waals surface area contributed by atoms with Gasteiger partial charge in [-0.2, -0.15) is 0 Å². The first kappa shape index (κ1) is 15.2. The molecule has 0 aliphatic rings. The van der Waals surface area contributed by atoms with Crippen molar-refractivity contribution in [1.82, 2.24) is 0 Å². The topological polar surface area (TPSA) is 50.4 Å². The number of methoxy groups -OCH3 is 1. The molecule has 2 aromatic rings. The van der Waals surface area contributed by atoms with Crippen LogP contribution in [0.5, 0.6) is 5.75 Å². The summed E-state index contributed by atoms with van der Waals surface area (Å²) in [7, 11) is 1.61. The molecule has 1 amide bonds. The SMILES string of the molecule is COc1ccc(NC(=O)CCNc2ccc(Cl)cc2)cc1. The van der Waals surface area contributed by atoms with E-state index in [1.165, 1.54) is 0 Å². The van der Waals surface area contributed by atoms with Gasteiger partial charge in [0.25, 0.3) is 0 Å². The predicted molar refractivity (Wildman–Crippen MR) is 86.2 cm³/mol. The minimum absolute atomic E-state index is 0.0402. The minimum Gasteiger partial charge on any atom is -0.497 e. The van der Waals surface area contributed by atoms with Crippen LogP contribution in [0.25, 0.3) is 0 Å². The van der Waals surface area contributed by atoms with E-state index in [4.69, 9.17) is 16.3 Å². The molecule has 2 N–H and O–H groups in total. The van der Waals surface area contributed by atoms with Crippen LogP contribution in [0.15, 0.2) is 48.5 Å². The van der Waals surface area contributed by atoms with Crippen LogP contribution in [0, 0.1) is 0 Å². The fourth-order valence-electron chi connectivity index (χ4n) is 1.79. The average Bonchev–Trinajstić information content (AvgIpc) is 2.50. The van der Waals surface area contributed by atoms with Gasteiger partial charge in [0.2, 0.25) is 5.91 Å². The Balaban J connectivity index is 1.75. The van der Waals surface area contributed by atoms with Crippen molar-refractivity contribution in [3.63, 3.8) is 0 Å². The quantitative estimate of drug-likeness (QED) is 0.853. The fourth-order valence-corrected chi connectivity index (χ4v) is 1.91. The highest BCUT2D eigenvalue weighted by Gasteiger charge is 2.02. The Morgan fingerprint density at radius 3 is 2.29 bits per heavy atom. The Kier molecular flexibility index (Phi) is 5.46. The maximum Gasteiger partial charge on any atom is 0.226 e. The highest BCUT2D eigenvalue weighted by molar-refractivity contribution is 6.30. The van der Waals surface area contributed by atoms with Crippen molar-refractivity contribution in [2.24, 2.45) is 0 Å². The molecular formula is C16H17ClN2O2. The molecule has 2 aromatic carbocycles. The van der Waals surface area contributed by atoms with Gasteiger partial charge in [-0.15, -0.1) is 0 Å². The zero-order chi connectivity index (χ0) is 15.1. The van der Waals surface area contributed by atoms with Crippen molar-refractivity contribution >= 4 is 28.9 Å². The number of anilines is 2. The molecule has 0 heterocycles. The number of rotatable bonds is 6. The normalized spacial score (nSPS) is 10.0. The predicted octanol–water partition coefficient (Wildman–Crippen LogP) is 3.79. The molecule has 0 bridgehead atoms. The fraction of sp³-hybridized carbons (Fsp3) is 0.188. The molecule has 2 rings (SSSR count). The first-order valence-corrected chi connectivity index (χ1v) is 6.98. The maximum atomic E-state index is 11.8. The lowest BCUT2D eigenvalue weighted by molar-refractivity contribution is -0.115. The number of nitrogens with one attached hydrogen (secondary N) is 2. The van der Waals surface area contributed by atoms with E-state index in [1.807, 2.05) is 36.4 Å². The van der Waals surface area contributed by atoms with Gasteiger partial charge in [-0.05, 0) is 48.5 Å². The molecule has 0 saturated heterocycles. The standard InChI is InChI=1S/C16H17ClN2O2/c1-21-15-8-6-14(7-9-15)19-16(20)10-11-18-13-4-2-12(17)3-5-13/h2-9,18H,10-11H2,1H3,(H,19,20). The molecule has 0 aromatic heterocycles. The molecule has 0 fully saturated rings. The van der Waals surface area contributed by atoms with Crippen molar-refractivity contribution in [1.29, 1.82) is 0 Å². The number of carbonyl (C=O) groups is 1. The van der Waals surface area contributed by atoms with Crippen molar-refractivity contribution < 1.29 is 9.53 Å². The lowest BCUT2D eigenvalue weighted by Gasteiger charge is -2.08. The van der Waals surface area contributed by atoms with E-state index in [0.29, 0.717) is 18.0 Å². The zero-order valence-electron chi connectivity index (χ0n) is 11.7. The number of hydrogen-bond acceptors (Lipinski definition) is 3. The summed E-state index contributed by atoms with van der Waals surface area (Å²) in [6, 6.07) is 14.6. The second kappa shape index (κ2) is 7.55. The number of halogens is 1. The number of benzene rings is 2. The van der Waals surface area contributed by atoms with Crippen molar-refractivity contribution in [2.45, 2.75) is 6.42 Å². The molecule has 5 heteroatoms. The van der Waals surface area contributed by atoms with Crippen molar-refractivity contribution in [3.8, 4) is 5.75 Å². The van der Waals surface area contributed by atoms with E-state index in [1.54, 1.807) is 19.2 Å². The molecule has 21 heavy (non-hydrogen) atoms. The van der Waals surface area contributed by atoms with Gasteiger partial charge in [-0.3, -0.25) is 4.79 Å². The summed E-state index contributed by atoms with van der Waals surface area (Å²) in [5.41, 5.74) is 1.70. The monoisotopic (exact) mass is 304 g/mol. The summed E-state index contributed by atoms with van der Waals surface area (Å²) in [5, 5.41) is 6.69. The lowest BCUT2D eigenvalue weighted by atomic mass is 10.3. The molecule has 0 spiro atoms. The van der Waals surface area contributed by atoms with Crippen LogP contribution >= 0.6 is 11.6 Å². The van der Waals surface area contributed by atoms with E-state index in [2.05, 4.69) is 10.6 Å². The average molecular weight is 305 g/mol. The van der Waals surface area contributed by atoms with Gasteiger partial charge in [-0.1, -0.05) is 11.6 Å². The van der Waals surface area contributed by atoms with Gasteiger partial charge in [0.1, 0.15) is 5.75 Å². The summed E-state index contributed by atoms with van der Waals surface area (Å²) in [6.45, 7) is 0.559. The van der Waals surface area contributed by atoms with Crippen molar-refractivity contribution in [2.75, 3.05) is 24.3 Å². The van der Waals surface area contributed by atoms with Crippen LogP contribution < -0.4 is 15.4 Å². The van der Waals surface area contributed by atoms with Crippen LogP contribution in [-0.2, 0) is 4.79 Å². The maximum absolute atomic E-state index is 11.8. The Labute approximate surface area is 129 Å². The molecule has 0 atom stereocenters. The third-order valence-corrected chi connectivity index (χ3v) is 3.15. The first-order valence-electron chi connectivity index (χ1n) is 6.61. The molecule has 0 radical (unpaired) electrons. The van der Waals surface area contributed by atoms with E-state index in [-0.39, 0.29) is 5.91 Å². The number of ether oxygens (including phenoxy) is 1. The van der Waals surface area contributed by atoms with Gasteiger partial charge in [0, 0.05) is 29.4 Å². The summed E-state index contributed by atoms with van der Waals surface area (Å²) in [4.78, 5) is 11.8. The summed E-state index contributed by atoms with van der Waals surface area (Å²) >= 11 is 5.81. The van der Waals surface area contributed by atoms with E-state index < -0.39 is 0 Å². The molecule has 0 unspecified atom stereocenters. The Morgan fingerprint density at radius 2 is 1.67 bits per heavy atom. The van der Waals surface area contributed by atoms with E-state index in [0.717, 1.165) is 17.1 Å². The highest BCUT2D eigenvalue weighted by Crippen LogP contribution is 2.15. The van der Waals surface area contributed by atoms with E-state index >= 15 is 0 Å². The second-order valence-electron chi connectivity index (χ2n) is 4.46. The Morgan fingerprint density at radius 1 is 1.05 bits per heavy atom. The number of amides is 1. The van der Waals surface area contributed by atoms with Crippen LogP contribution in [0.2, 0.25) is 5.02 Å². The largest absolute Gasteiger partial charge is 0.497 e. The Hall–Kier alpha value is -2.20. The Bertz CT molecular complexity index is 582. The number of hydrogen-bond donors (Lipinski definition) is 2. The summed E-state index contributed by atoms with van der Waals surface area (Å²) in [5.74, 6) is 0.721. The number of carbonyl (C=O) groups excluding carboxylic acids is 1. The summed E-state index contributed by atoms with van der Waals surface area (Å²) in [6.07, 6.45) is 0.384. The molecule has 4 nitrogen and oxygen atoms in total. The van der Waals surface area contributed by atoms with E-state index in [9.17, 15) is 4.79 Å². The van der Waals surface area contributed by atoms with Crippen LogP contribution in [0.4, 0.5) is 11.4 Å². The molecule has 0 aliphatic heterocycles. The lowest BCUT2D eigenvalue weighted by Crippen LogP contribution is -2.16. The second-order valence-corrected chi connectivity index (χ2v) is 4.90. The third-order valence-electron chi connectivity index (χ3n) is 2.90. The van der Waals surface area contributed by atoms with Crippen LogP contribution in [0.1, 0.15) is 6.42 Å². The molecule has 0 aliphatic carbocycles. The van der Waals surface area contributed by atoms with Gasteiger partial charge in [0.05, 0.1) is 7.11 Å².